The Morgan fingerprint density at radius 2 is 2.13 bits per heavy atom. The van der Waals surface area contributed by atoms with Gasteiger partial charge in [-0.25, -0.2) is 0 Å². The van der Waals surface area contributed by atoms with Gasteiger partial charge in [-0.15, -0.1) is 0 Å². The van der Waals surface area contributed by atoms with Gasteiger partial charge in [0.1, 0.15) is 0 Å². The van der Waals surface area contributed by atoms with Gasteiger partial charge < -0.3 is 4.90 Å². The number of carbonyl (C=O) groups excluding carboxylic acids is 1. The van der Waals surface area contributed by atoms with E-state index in [9.17, 15) is 4.79 Å². The minimum atomic E-state index is 0.00730. The van der Waals surface area contributed by atoms with Crippen molar-refractivity contribution in [2.75, 3.05) is 19.6 Å². The van der Waals surface area contributed by atoms with Crippen LogP contribution in [0.4, 0.5) is 0 Å². The van der Waals surface area contributed by atoms with Crippen molar-refractivity contribution in [3.05, 3.63) is 40.3 Å². The van der Waals surface area contributed by atoms with E-state index in [2.05, 4.69) is 32.9 Å². The van der Waals surface area contributed by atoms with Gasteiger partial charge in [-0.05, 0) is 41.3 Å². The van der Waals surface area contributed by atoms with Gasteiger partial charge in [0.2, 0.25) is 5.91 Å². The summed E-state index contributed by atoms with van der Waals surface area (Å²) >= 11 is 1.73. The van der Waals surface area contributed by atoms with Gasteiger partial charge in [0.05, 0.1) is 18.2 Å². The van der Waals surface area contributed by atoms with Crippen LogP contribution in [0.1, 0.15) is 24.1 Å². The average Bonchev–Trinajstić information content (AvgIpc) is 3.28. The normalized spacial score (nSPS) is 22.1. The van der Waals surface area contributed by atoms with Crippen molar-refractivity contribution in [1.82, 2.24) is 19.6 Å². The van der Waals surface area contributed by atoms with Crippen molar-refractivity contribution in [1.29, 1.82) is 0 Å². The standard InChI is InChI=1S/C17H22N4OS/c22-17(20-6-1-2-7-20)15-10-19(9-14-4-8-23-13-14)12-16-3-5-18-21(16)11-15/h3-5,8,13,15H,1-2,6-7,9-12H2/t15-/m1/s1. The van der Waals surface area contributed by atoms with Crippen molar-refractivity contribution >= 4 is 17.2 Å². The van der Waals surface area contributed by atoms with E-state index in [4.69, 9.17) is 0 Å². The summed E-state index contributed by atoms with van der Waals surface area (Å²) in [6.07, 6.45) is 4.13. The van der Waals surface area contributed by atoms with E-state index in [1.54, 1.807) is 11.3 Å². The third kappa shape index (κ3) is 3.19. The fraction of sp³-hybridized carbons (Fsp3) is 0.529. The van der Waals surface area contributed by atoms with Gasteiger partial charge in [-0.2, -0.15) is 16.4 Å². The van der Waals surface area contributed by atoms with Crippen LogP contribution in [0.15, 0.2) is 29.1 Å². The molecular formula is C17H22N4OS. The van der Waals surface area contributed by atoms with Crippen LogP contribution in [0, 0.1) is 5.92 Å². The number of amides is 1. The summed E-state index contributed by atoms with van der Waals surface area (Å²) in [7, 11) is 0. The highest BCUT2D eigenvalue weighted by Crippen LogP contribution is 2.22. The fourth-order valence-electron chi connectivity index (χ4n) is 3.64. The summed E-state index contributed by atoms with van der Waals surface area (Å²) in [4.78, 5) is 17.3. The SMILES string of the molecule is O=C([C@@H]1CN(Cc2ccsc2)Cc2ccnn2C1)N1CCCC1. The molecule has 122 valence electrons. The highest BCUT2D eigenvalue weighted by molar-refractivity contribution is 7.07. The number of rotatable bonds is 3. The Labute approximate surface area is 140 Å². The van der Waals surface area contributed by atoms with Gasteiger partial charge in [0.15, 0.2) is 0 Å². The van der Waals surface area contributed by atoms with Gasteiger partial charge >= 0.3 is 0 Å². The summed E-state index contributed by atoms with van der Waals surface area (Å²) in [5.41, 5.74) is 2.53. The van der Waals surface area contributed by atoms with Crippen LogP contribution >= 0.6 is 11.3 Å². The zero-order valence-electron chi connectivity index (χ0n) is 13.2. The molecule has 2 aromatic rings. The van der Waals surface area contributed by atoms with E-state index in [0.29, 0.717) is 12.5 Å². The Hall–Kier alpha value is -1.66. The highest BCUT2D eigenvalue weighted by atomic mass is 32.1. The van der Waals surface area contributed by atoms with Crippen molar-refractivity contribution in [2.24, 2.45) is 5.92 Å². The summed E-state index contributed by atoms with van der Waals surface area (Å²) < 4.78 is 2.02. The first-order valence-corrected chi connectivity index (χ1v) is 9.27. The fourth-order valence-corrected chi connectivity index (χ4v) is 4.30. The Morgan fingerprint density at radius 1 is 1.26 bits per heavy atom. The topological polar surface area (TPSA) is 41.4 Å². The van der Waals surface area contributed by atoms with Crippen molar-refractivity contribution in [3.63, 3.8) is 0 Å². The van der Waals surface area contributed by atoms with E-state index in [0.717, 1.165) is 45.6 Å². The molecule has 23 heavy (non-hydrogen) atoms. The number of nitrogens with zero attached hydrogens (tertiary/aromatic N) is 4. The van der Waals surface area contributed by atoms with Crippen molar-refractivity contribution < 1.29 is 4.79 Å². The largest absolute Gasteiger partial charge is 0.342 e. The van der Waals surface area contributed by atoms with Gasteiger partial charge in [-0.3, -0.25) is 14.4 Å². The van der Waals surface area contributed by atoms with Gasteiger partial charge in [0.25, 0.3) is 0 Å². The molecule has 6 heteroatoms. The molecule has 1 atom stereocenters. The smallest absolute Gasteiger partial charge is 0.228 e. The minimum Gasteiger partial charge on any atom is -0.342 e. The Kier molecular flexibility index (Phi) is 4.18. The quantitative estimate of drug-likeness (QED) is 0.866. The van der Waals surface area contributed by atoms with E-state index in [1.807, 2.05) is 15.8 Å². The maximum atomic E-state index is 12.9. The lowest BCUT2D eigenvalue weighted by atomic mass is 10.1. The summed E-state index contributed by atoms with van der Waals surface area (Å²) in [6.45, 7) is 5.13. The Balaban J connectivity index is 1.55. The molecule has 4 heterocycles. The number of thiophene rings is 1. The molecule has 0 saturated carbocycles. The molecule has 0 spiro atoms. The van der Waals surface area contributed by atoms with Crippen LogP contribution in [-0.4, -0.2) is 45.1 Å². The first-order chi connectivity index (χ1) is 11.3. The van der Waals surface area contributed by atoms with Crippen LogP contribution in [0.2, 0.25) is 0 Å². The number of likely N-dealkylation sites (tertiary alicyclic amines) is 1. The van der Waals surface area contributed by atoms with Crippen LogP contribution in [0.3, 0.4) is 0 Å². The first kappa shape index (κ1) is 14.9. The molecule has 2 aromatic heterocycles. The molecule has 5 nitrogen and oxygen atoms in total. The Bertz CT molecular complexity index is 660. The molecular weight excluding hydrogens is 308 g/mol. The van der Waals surface area contributed by atoms with Gasteiger partial charge in [0, 0.05) is 38.9 Å². The zero-order valence-corrected chi connectivity index (χ0v) is 14.0. The summed E-state index contributed by atoms with van der Waals surface area (Å²) in [5, 5.41) is 8.74. The monoisotopic (exact) mass is 330 g/mol. The van der Waals surface area contributed by atoms with Crippen LogP contribution in [0.5, 0.6) is 0 Å². The molecule has 2 aliphatic rings. The zero-order chi connectivity index (χ0) is 15.6. The molecule has 1 saturated heterocycles. The van der Waals surface area contributed by atoms with E-state index < -0.39 is 0 Å². The van der Waals surface area contributed by atoms with Gasteiger partial charge in [-0.1, -0.05) is 0 Å². The molecule has 0 unspecified atom stereocenters. The first-order valence-electron chi connectivity index (χ1n) is 8.32. The van der Waals surface area contributed by atoms with Crippen molar-refractivity contribution in [2.45, 2.75) is 32.5 Å². The minimum absolute atomic E-state index is 0.00730. The lowest BCUT2D eigenvalue weighted by Gasteiger charge is -2.26. The predicted molar refractivity (Wildman–Crippen MR) is 90.0 cm³/mol. The second-order valence-electron chi connectivity index (χ2n) is 6.54. The second kappa shape index (κ2) is 6.45. The highest BCUT2D eigenvalue weighted by Gasteiger charge is 2.31. The average molecular weight is 330 g/mol. The molecule has 0 radical (unpaired) electrons. The molecule has 0 bridgehead atoms. The number of hydrogen-bond acceptors (Lipinski definition) is 4. The number of aromatic nitrogens is 2. The number of carbonyl (C=O) groups is 1. The molecule has 2 aliphatic heterocycles. The predicted octanol–water partition coefficient (Wildman–Crippen LogP) is 2.20. The molecule has 1 amide bonds. The lowest BCUT2D eigenvalue weighted by Crippen LogP contribution is -2.40. The number of fused-ring (bicyclic) bond motifs is 1. The maximum absolute atomic E-state index is 12.9. The lowest BCUT2D eigenvalue weighted by molar-refractivity contribution is -0.135. The molecule has 0 N–H and O–H groups in total. The Morgan fingerprint density at radius 3 is 2.91 bits per heavy atom. The van der Waals surface area contributed by atoms with Crippen LogP contribution < -0.4 is 0 Å². The van der Waals surface area contributed by atoms with E-state index >= 15 is 0 Å². The second-order valence-corrected chi connectivity index (χ2v) is 7.32. The van der Waals surface area contributed by atoms with E-state index in [1.165, 1.54) is 11.3 Å². The van der Waals surface area contributed by atoms with Crippen LogP contribution in [0.25, 0.3) is 0 Å². The van der Waals surface area contributed by atoms with Crippen molar-refractivity contribution in [3.8, 4) is 0 Å². The molecule has 4 rings (SSSR count). The third-order valence-electron chi connectivity index (χ3n) is 4.82. The summed E-state index contributed by atoms with van der Waals surface area (Å²) in [5.74, 6) is 0.314. The van der Waals surface area contributed by atoms with E-state index in [-0.39, 0.29) is 5.92 Å². The molecule has 0 aromatic carbocycles. The maximum Gasteiger partial charge on any atom is 0.228 e. The third-order valence-corrected chi connectivity index (χ3v) is 5.55. The molecule has 0 aliphatic carbocycles. The van der Waals surface area contributed by atoms with Crippen LogP contribution in [-0.2, 0) is 24.4 Å². The summed E-state index contributed by atoms with van der Waals surface area (Å²) in [6, 6.07) is 4.24. The molecule has 1 fully saturated rings. The number of hydrogen-bond donors (Lipinski definition) is 0.